The van der Waals surface area contributed by atoms with Crippen LogP contribution in [0.5, 0.6) is 0 Å². The van der Waals surface area contributed by atoms with E-state index in [1.54, 1.807) is 0 Å². The fraction of sp³-hybridized carbons (Fsp3) is 0.945. The predicted octanol–water partition coefficient (Wildman–Crippen LogP) is 21.2. The van der Waals surface area contributed by atoms with Gasteiger partial charge in [0.2, 0.25) is 0 Å². The number of phosphoric acid groups is 2. The molecule has 0 spiro atoms. The first-order valence-corrected chi connectivity index (χ1v) is 41.0. The third-order valence-electron chi connectivity index (χ3n) is 17.3. The van der Waals surface area contributed by atoms with Gasteiger partial charge in [-0.1, -0.05) is 324 Å². The standard InChI is InChI=1S/C73H142O17P2/c1-7-10-12-14-15-16-17-18-19-20-21-22-23-24-27-34-39-45-51-57-73(78)90-69(62-84-71(76)56-50-44-38-33-28-25-26-31-36-42-47-53-65(4)5)64-88-92(81,82)86-60-67(74)59-85-91(79,80)87-63-68(61-83-70(75)55-49-41-13-11-8-2)89-72(77)58-52-46-40-35-30-29-32-37-43-48-54-66(6)9-3/h65-69,74H,7-64H2,1-6H3,(H,79,80)(H,81,82)/t66?,67-,68+,69+/m0/s1. The quantitative estimate of drug-likeness (QED) is 0.0222. The molecule has 3 unspecified atom stereocenters. The maximum absolute atomic E-state index is 13.0. The number of rotatable bonds is 72. The monoisotopic (exact) mass is 1350 g/mol. The van der Waals surface area contributed by atoms with Gasteiger partial charge in [0.15, 0.2) is 12.2 Å². The van der Waals surface area contributed by atoms with E-state index in [-0.39, 0.29) is 25.7 Å². The number of phosphoric ester groups is 2. The van der Waals surface area contributed by atoms with Gasteiger partial charge in [0.1, 0.15) is 19.3 Å². The summed E-state index contributed by atoms with van der Waals surface area (Å²) in [7, 11) is -9.90. The lowest BCUT2D eigenvalue weighted by atomic mass is 9.99. The molecule has 0 saturated carbocycles. The molecule has 17 nitrogen and oxygen atoms in total. The second-order valence-electron chi connectivity index (χ2n) is 27.1. The molecule has 0 aromatic rings. The van der Waals surface area contributed by atoms with E-state index >= 15 is 0 Å². The Kier molecular flexibility index (Phi) is 63.7. The van der Waals surface area contributed by atoms with E-state index in [1.165, 1.54) is 186 Å². The van der Waals surface area contributed by atoms with Crippen molar-refractivity contribution in [1.82, 2.24) is 0 Å². The average Bonchev–Trinajstić information content (AvgIpc) is 1.74. The zero-order chi connectivity index (χ0) is 67.9. The van der Waals surface area contributed by atoms with Crippen LogP contribution >= 0.6 is 15.6 Å². The number of ether oxygens (including phenoxy) is 4. The lowest BCUT2D eigenvalue weighted by Crippen LogP contribution is -2.30. The van der Waals surface area contributed by atoms with Crippen molar-refractivity contribution in [2.45, 2.75) is 394 Å². The van der Waals surface area contributed by atoms with Gasteiger partial charge in [-0.3, -0.25) is 37.3 Å². The molecule has 0 aromatic heterocycles. The van der Waals surface area contributed by atoms with Crippen molar-refractivity contribution in [3.63, 3.8) is 0 Å². The molecule has 0 aliphatic carbocycles. The van der Waals surface area contributed by atoms with Crippen molar-refractivity contribution >= 4 is 39.5 Å². The fourth-order valence-corrected chi connectivity index (χ4v) is 12.7. The minimum absolute atomic E-state index is 0.105. The van der Waals surface area contributed by atoms with Crippen LogP contribution in [0.1, 0.15) is 375 Å². The van der Waals surface area contributed by atoms with Gasteiger partial charge in [-0.25, -0.2) is 9.13 Å². The zero-order valence-corrected chi connectivity index (χ0v) is 61.6. The summed E-state index contributed by atoms with van der Waals surface area (Å²) in [5.41, 5.74) is 0. The van der Waals surface area contributed by atoms with Crippen LogP contribution in [0.15, 0.2) is 0 Å². The van der Waals surface area contributed by atoms with E-state index in [2.05, 4.69) is 41.5 Å². The van der Waals surface area contributed by atoms with Crippen LogP contribution in [-0.2, 0) is 65.4 Å². The van der Waals surface area contributed by atoms with E-state index in [4.69, 9.17) is 37.0 Å². The number of aliphatic hydroxyl groups excluding tert-OH is 1. The van der Waals surface area contributed by atoms with Gasteiger partial charge >= 0.3 is 39.5 Å². The SMILES string of the molecule is CCCCCCCCCCCCCCCCCCCCCC(=O)O[C@H](COC(=O)CCCCCCCCCCCCCC(C)C)COP(=O)(O)OC[C@@H](O)COP(=O)(O)OC[C@@H](COC(=O)CCCCCCC)OC(=O)CCCCCCCCCCCCC(C)CC. The summed E-state index contributed by atoms with van der Waals surface area (Å²) in [6.45, 7) is 9.51. The maximum atomic E-state index is 13.0. The molecule has 0 aliphatic rings. The minimum atomic E-state index is -4.95. The summed E-state index contributed by atoms with van der Waals surface area (Å²) in [5.74, 6) is -0.557. The van der Waals surface area contributed by atoms with Gasteiger partial charge in [0.05, 0.1) is 26.4 Å². The van der Waals surface area contributed by atoms with Crippen LogP contribution in [0, 0.1) is 11.8 Å². The Morgan fingerprint density at radius 2 is 0.554 bits per heavy atom. The Balaban J connectivity index is 5.14. The normalized spacial score (nSPS) is 14.4. The predicted molar refractivity (Wildman–Crippen MR) is 372 cm³/mol. The Hall–Kier alpha value is -1.94. The van der Waals surface area contributed by atoms with Crippen molar-refractivity contribution in [3.05, 3.63) is 0 Å². The van der Waals surface area contributed by atoms with Gasteiger partial charge in [0.25, 0.3) is 0 Å². The third kappa shape index (κ3) is 65.4. The summed E-state index contributed by atoms with van der Waals surface area (Å²) < 4.78 is 68.2. The minimum Gasteiger partial charge on any atom is -0.462 e. The summed E-state index contributed by atoms with van der Waals surface area (Å²) in [4.78, 5) is 72.4. The molecule has 0 bridgehead atoms. The van der Waals surface area contributed by atoms with Gasteiger partial charge in [0, 0.05) is 25.7 Å². The average molecular weight is 1350 g/mol. The highest BCUT2D eigenvalue weighted by Gasteiger charge is 2.30. The summed E-state index contributed by atoms with van der Waals surface area (Å²) in [6.07, 6.45) is 51.7. The molecule has 92 heavy (non-hydrogen) atoms. The molecule has 0 heterocycles. The fourth-order valence-electron chi connectivity index (χ4n) is 11.1. The summed E-state index contributed by atoms with van der Waals surface area (Å²) in [5, 5.41) is 10.6. The van der Waals surface area contributed by atoms with Crippen LogP contribution in [0.25, 0.3) is 0 Å². The number of hydrogen-bond acceptors (Lipinski definition) is 15. The summed E-state index contributed by atoms with van der Waals surface area (Å²) >= 11 is 0. The molecular formula is C73H142O17P2. The Morgan fingerprint density at radius 3 is 0.826 bits per heavy atom. The molecule has 0 fully saturated rings. The number of esters is 4. The Bertz CT molecular complexity index is 1790. The molecule has 0 saturated heterocycles. The van der Waals surface area contributed by atoms with E-state index in [0.717, 1.165) is 108 Å². The first-order valence-electron chi connectivity index (χ1n) is 38.0. The van der Waals surface area contributed by atoms with Gasteiger partial charge in [-0.15, -0.1) is 0 Å². The number of unbranched alkanes of at least 4 members (excludes halogenated alkanes) is 41. The molecule has 0 radical (unpaired) electrons. The molecule has 0 amide bonds. The van der Waals surface area contributed by atoms with Crippen molar-refractivity contribution in [2.24, 2.45) is 11.8 Å². The van der Waals surface area contributed by atoms with E-state index in [9.17, 15) is 43.2 Å². The smallest absolute Gasteiger partial charge is 0.462 e. The molecule has 546 valence electrons. The Labute approximate surface area is 562 Å². The van der Waals surface area contributed by atoms with Crippen molar-refractivity contribution in [1.29, 1.82) is 0 Å². The zero-order valence-electron chi connectivity index (χ0n) is 59.9. The highest BCUT2D eigenvalue weighted by molar-refractivity contribution is 7.47. The van der Waals surface area contributed by atoms with E-state index in [0.29, 0.717) is 25.7 Å². The molecule has 3 N–H and O–H groups in total. The highest BCUT2D eigenvalue weighted by Crippen LogP contribution is 2.45. The lowest BCUT2D eigenvalue weighted by Gasteiger charge is -2.21. The van der Waals surface area contributed by atoms with E-state index < -0.39 is 97.5 Å². The molecule has 0 aliphatic heterocycles. The third-order valence-corrected chi connectivity index (χ3v) is 19.2. The van der Waals surface area contributed by atoms with E-state index in [1.807, 2.05) is 0 Å². The van der Waals surface area contributed by atoms with Crippen molar-refractivity contribution in [3.8, 4) is 0 Å². The van der Waals surface area contributed by atoms with Gasteiger partial charge in [-0.2, -0.15) is 0 Å². The Morgan fingerprint density at radius 1 is 0.315 bits per heavy atom. The number of carbonyl (C=O) groups excluding carboxylic acids is 4. The number of carbonyl (C=O) groups is 4. The second-order valence-corrected chi connectivity index (χ2v) is 30.0. The topological polar surface area (TPSA) is 237 Å². The first-order chi connectivity index (χ1) is 44.4. The largest absolute Gasteiger partial charge is 0.472 e. The summed E-state index contributed by atoms with van der Waals surface area (Å²) in [6, 6.07) is 0. The number of aliphatic hydroxyl groups is 1. The molecule has 0 rings (SSSR count). The molecule has 19 heteroatoms. The molecule has 0 aromatic carbocycles. The second kappa shape index (κ2) is 65.0. The van der Waals surface area contributed by atoms with Crippen molar-refractivity contribution < 1.29 is 80.2 Å². The highest BCUT2D eigenvalue weighted by atomic mass is 31.2. The van der Waals surface area contributed by atoms with Gasteiger partial charge < -0.3 is 33.8 Å². The number of hydrogen-bond donors (Lipinski definition) is 3. The van der Waals surface area contributed by atoms with Crippen molar-refractivity contribution in [2.75, 3.05) is 39.6 Å². The maximum Gasteiger partial charge on any atom is 0.472 e. The van der Waals surface area contributed by atoms with Gasteiger partial charge in [-0.05, 0) is 37.5 Å². The van der Waals surface area contributed by atoms with Crippen LogP contribution in [0.3, 0.4) is 0 Å². The van der Waals surface area contributed by atoms with Crippen LogP contribution < -0.4 is 0 Å². The van der Waals surface area contributed by atoms with Crippen LogP contribution in [0.4, 0.5) is 0 Å². The lowest BCUT2D eigenvalue weighted by molar-refractivity contribution is -0.161. The van der Waals surface area contributed by atoms with Crippen LogP contribution in [-0.4, -0.2) is 96.7 Å². The molecule has 6 atom stereocenters. The molecular weight excluding hydrogens is 1210 g/mol. The first kappa shape index (κ1) is 90.1. The van der Waals surface area contributed by atoms with Crippen LogP contribution in [0.2, 0.25) is 0 Å².